The Balaban J connectivity index is 3.96. The topological polar surface area (TPSA) is 90.9 Å². The molecule has 0 aliphatic heterocycles. The molecule has 7 nitrogen and oxygen atoms in total. The molecule has 0 saturated heterocycles. The van der Waals surface area contributed by atoms with Crippen molar-refractivity contribution in [2.75, 3.05) is 32.1 Å². The Kier molecular flexibility index (Phi) is 10.8. The van der Waals surface area contributed by atoms with Crippen molar-refractivity contribution in [2.24, 2.45) is 0 Å². The molecule has 0 aliphatic rings. The quantitative estimate of drug-likeness (QED) is 0.458. The first-order valence-corrected chi connectivity index (χ1v) is 9.56. The minimum Gasteiger partial charge on any atom is -0.466 e. The minimum absolute atomic E-state index is 0.0555. The highest BCUT2D eigenvalue weighted by molar-refractivity contribution is 8.55. The number of rotatable bonds is 11. The van der Waals surface area contributed by atoms with Crippen LogP contribution in [0.3, 0.4) is 0 Å². The zero-order valence-electron chi connectivity index (χ0n) is 12.0. The van der Waals surface area contributed by atoms with Crippen molar-refractivity contribution in [1.82, 2.24) is 5.32 Å². The number of carbonyl (C=O) groups is 2. The van der Waals surface area contributed by atoms with Crippen LogP contribution in [0.1, 0.15) is 27.2 Å². The molecule has 0 saturated carbocycles. The van der Waals surface area contributed by atoms with Gasteiger partial charge in [0.05, 0.1) is 32.0 Å². The largest absolute Gasteiger partial charge is 0.466 e. The van der Waals surface area contributed by atoms with Gasteiger partial charge in [-0.2, -0.15) is 0 Å². The van der Waals surface area contributed by atoms with E-state index in [9.17, 15) is 14.2 Å². The fourth-order valence-electron chi connectivity index (χ4n) is 1.15. The second-order valence-electron chi connectivity index (χ2n) is 3.46. The number of esters is 1. The maximum Gasteiger partial charge on any atom is 0.389 e. The van der Waals surface area contributed by atoms with E-state index in [-0.39, 0.29) is 43.8 Å². The van der Waals surface area contributed by atoms with E-state index in [0.717, 1.165) is 11.4 Å². The van der Waals surface area contributed by atoms with Gasteiger partial charge in [0.2, 0.25) is 5.91 Å². The van der Waals surface area contributed by atoms with E-state index in [0.29, 0.717) is 6.61 Å². The number of ether oxygens (including phenoxy) is 1. The third kappa shape index (κ3) is 9.36. The number of hydrogen-bond acceptors (Lipinski definition) is 7. The Morgan fingerprint density at radius 3 is 2.20 bits per heavy atom. The summed E-state index contributed by atoms with van der Waals surface area (Å²) in [6.45, 7) is 2.83. The van der Waals surface area contributed by atoms with Gasteiger partial charge in [-0.1, -0.05) is 0 Å². The number of hydrogen-bond donors (Lipinski definition) is 1. The van der Waals surface area contributed by atoms with Crippen LogP contribution in [0.4, 0.5) is 0 Å². The van der Waals surface area contributed by atoms with Gasteiger partial charge in [0, 0.05) is 6.54 Å². The summed E-state index contributed by atoms with van der Waals surface area (Å²) < 4.78 is 26.8. The highest BCUT2D eigenvalue weighted by Gasteiger charge is 2.25. The average Bonchev–Trinajstić information content (AvgIpc) is 2.37. The Morgan fingerprint density at radius 1 is 1.10 bits per heavy atom. The van der Waals surface area contributed by atoms with Crippen molar-refractivity contribution >= 4 is 30.1 Å². The molecular weight excluding hydrogens is 305 g/mol. The lowest BCUT2D eigenvalue weighted by molar-refractivity contribution is -0.143. The van der Waals surface area contributed by atoms with Crippen molar-refractivity contribution in [3.8, 4) is 0 Å². The van der Waals surface area contributed by atoms with E-state index < -0.39 is 6.80 Å². The molecular formula is C11H22NO6PS. The van der Waals surface area contributed by atoms with E-state index in [1.807, 2.05) is 0 Å². The van der Waals surface area contributed by atoms with Crippen molar-refractivity contribution in [3.63, 3.8) is 0 Å². The zero-order chi connectivity index (χ0) is 15.4. The van der Waals surface area contributed by atoms with Crippen LogP contribution >= 0.6 is 18.2 Å². The van der Waals surface area contributed by atoms with Crippen LogP contribution in [-0.4, -0.2) is 44.0 Å². The molecule has 0 aromatic carbocycles. The van der Waals surface area contributed by atoms with Crippen LogP contribution in [0.2, 0.25) is 0 Å². The molecule has 0 fully saturated rings. The summed E-state index contributed by atoms with van der Waals surface area (Å²) in [7, 11) is 0. The molecule has 0 aromatic heterocycles. The second kappa shape index (κ2) is 11.1. The van der Waals surface area contributed by atoms with Crippen LogP contribution in [0.5, 0.6) is 0 Å². The summed E-state index contributed by atoms with van der Waals surface area (Å²) in [4.78, 5) is 22.6. The molecule has 0 atom stereocenters. The lowest BCUT2D eigenvalue weighted by atomic mass is 10.4. The van der Waals surface area contributed by atoms with Gasteiger partial charge in [0.1, 0.15) is 0 Å². The van der Waals surface area contributed by atoms with Crippen LogP contribution in [0.25, 0.3) is 0 Å². The van der Waals surface area contributed by atoms with E-state index >= 15 is 0 Å². The van der Waals surface area contributed by atoms with Crippen LogP contribution in [-0.2, 0) is 27.9 Å². The van der Waals surface area contributed by atoms with Gasteiger partial charge in [-0.3, -0.25) is 9.59 Å². The normalized spacial score (nSPS) is 11.2. The van der Waals surface area contributed by atoms with E-state index in [2.05, 4.69) is 5.32 Å². The third-order valence-corrected chi connectivity index (χ3v) is 5.71. The van der Waals surface area contributed by atoms with Crippen molar-refractivity contribution in [2.45, 2.75) is 27.2 Å². The molecule has 0 bridgehead atoms. The number of amides is 1. The van der Waals surface area contributed by atoms with Gasteiger partial charge in [-0.15, -0.1) is 0 Å². The molecule has 0 radical (unpaired) electrons. The van der Waals surface area contributed by atoms with E-state index in [1.165, 1.54) is 0 Å². The molecule has 118 valence electrons. The summed E-state index contributed by atoms with van der Waals surface area (Å²) in [6.07, 6.45) is 0.110. The first-order chi connectivity index (χ1) is 9.47. The fraction of sp³-hybridized carbons (Fsp3) is 0.818. The molecule has 1 N–H and O–H groups in total. The zero-order valence-corrected chi connectivity index (χ0v) is 13.8. The Bertz CT molecular complexity index is 342. The molecule has 0 aliphatic carbocycles. The summed E-state index contributed by atoms with van der Waals surface area (Å²) in [5.74, 6) is -0.756. The third-order valence-electron chi connectivity index (χ3n) is 1.88. The van der Waals surface area contributed by atoms with Crippen molar-refractivity contribution in [1.29, 1.82) is 0 Å². The molecule has 1 amide bonds. The highest BCUT2D eigenvalue weighted by Crippen LogP contribution is 2.60. The Labute approximate surface area is 123 Å². The molecule has 0 unspecified atom stereocenters. The molecule has 0 heterocycles. The predicted molar refractivity (Wildman–Crippen MR) is 77.6 cm³/mol. The number of nitrogens with one attached hydrogen (secondary N) is 1. The standard InChI is InChI=1S/C11H22NO6PS/c1-4-16-11(14)7-8-12-10(13)9-20-19(15,17-5-2)18-6-3/h4-9H2,1-3H3,(H,12,13). The van der Waals surface area contributed by atoms with Crippen molar-refractivity contribution < 1.29 is 27.9 Å². The highest BCUT2D eigenvalue weighted by atomic mass is 32.7. The van der Waals surface area contributed by atoms with Gasteiger partial charge in [0.25, 0.3) is 0 Å². The summed E-state index contributed by atoms with van der Waals surface area (Å²) in [5.41, 5.74) is 0. The summed E-state index contributed by atoms with van der Waals surface area (Å²) in [5, 5.41) is 2.54. The maximum atomic E-state index is 12.0. The van der Waals surface area contributed by atoms with Gasteiger partial charge in [-0.05, 0) is 32.2 Å². The predicted octanol–water partition coefficient (Wildman–Crippen LogP) is 1.97. The molecule has 0 spiro atoms. The molecule has 0 aromatic rings. The first-order valence-electron chi connectivity index (χ1n) is 6.43. The smallest absolute Gasteiger partial charge is 0.389 e. The lowest BCUT2D eigenvalue weighted by Crippen LogP contribution is -2.28. The fourth-order valence-corrected chi connectivity index (χ4v) is 4.29. The molecule has 20 heavy (non-hydrogen) atoms. The monoisotopic (exact) mass is 327 g/mol. The number of carbonyl (C=O) groups excluding carboxylic acids is 2. The van der Waals surface area contributed by atoms with E-state index in [1.54, 1.807) is 20.8 Å². The van der Waals surface area contributed by atoms with Crippen LogP contribution in [0.15, 0.2) is 0 Å². The second-order valence-corrected chi connectivity index (χ2v) is 7.54. The van der Waals surface area contributed by atoms with Crippen LogP contribution < -0.4 is 5.32 Å². The Hall–Kier alpha value is -0.560. The summed E-state index contributed by atoms with van der Waals surface area (Å²) in [6, 6.07) is 0. The molecule has 0 rings (SSSR count). The maximum absolute atomic E-state index is 12.0. The summed E-state index contributed by atoms with van der Waals surface area (Å²) >= 11 is 0.833. The van der Waals surface area contributed by atoms with Gasteiger partial charge >= 0.3 is 12.8 Å². The first kappa shape index (κ1) is 19.4. The Morgan fingerprint density at radius 2 is 1.70 bits per heavy atom. The van der Waals surface area contributed by atoms with Gasteiger partial charge in [0.15, 0.2) is 0 Å². The van der Waals surface area contributed by atoms with E-state index in [4.69, 9.17) is 13.8 Å². The SMILES string of the molecule is CCOC(=O)CCNC(=O)CSP(=O)(OCC)OCC. The van der Waals surface area contributed by atoms with Gasteiger partial charge in [-0.25, -0.2) is 4.57 Å². The van der Waals surface area contributed by atoms with Gasteiger partial charge < -0.3 is 19.1 Å². The lowest BCUT2D eigenvalue weighted by Gasteiger charge is -2.15. The minimum atomic E-state index is -3.27. The van der Waals surface area contributed by atoms with Crippen LogP contribution in [0, 0.1) is 0 Å². The molecule has 9 heteroatoms. The average molecular weight is 327 g/mol. The van der Waals surface area contributed by atoms with Crippen molar-refractivity contribution in [3.05, 3.63) is 0 Å².